The molecule has 0 fully saturated rings. The molecule has 0 spiro atoms. The van der Waals surface area contributed by atoms with Crippen molar-refractivity contribution < 1.29 is 28.7 Å². The summed E-state index contributed by atoms with van der Waals surface area (Å²) in [7, 11) is 0. The summed E-state index contributed by atoms with van der Waals surface area (Å²) < 4.78 is 8.33. The van der Waals surface area contributed by atoms with Gasteiger partial charge in [0.05, 0.1) is 0 Å². The van der Waals surface area contributed by atoms with E-state index in [1.165, 1.54) is 0 Å². The molecular weight excluding hydrogens is 230 g/mol. The van der Waals surface area contributed by atoms with Gasteiger partial charge in [0.25, 0.3) is 0 Å². The molecule has 4 heavy (non-hydrogen) atoms. The maximum atomic E-state index is 8.33. The van der Waals surface area contributed by atoms with Crippen molar-refractivity contribution in [3.63, 3.8) is 0 Å². The van der Waals surface area contributed by atoms with Crippen LogP contribution in [0.3, 0.4) is 0 Å². The summed E-state index contributed by atoms with van der Waals surface area (Å²) in [4.78, 5) is 0. The Morgan fingerprint density at radius 1 is 1.25 bits per heavy atom. The molecule has 0 aromatic rings. The molecule has 0 aliphatic carbocycles. The van der Waals surface area contributed by atoms with Crippen LogP contribution in [0, 0.1) is 0 Å². The van der Waals surface area contributed by atoms with Crippen molar-refractivity contribution in [3.8, 4) is 0 Å². The SMILES string of the molecule is N.O.[O]=[W]. The first-order chi connectivity index (χ1) is 1.00. The fraction of sp³-hybridized carbons (Fsp3) is 0. The van der Waals surface area contributed by atoms with E-state index in [2.05, 4.69) is 0 Å². The Morgan fingerprint density at radius 2 is 1.25 bits per heavy atom. The number of hydrogen-bond donors (Lipinski definition) is 1. The van der Waals surface area contributed by atoms with Gasteiger partial charge >= 0.3 is 23.2 Å². The topological polar surface area (TPSA) is 83.6 Å². The standard InChI is InChI=1S/H3N.H2O.O.W/h1H3;1H2;;. The summed E-state index contributed by atoms with van der Waals surface area (Å²) in [6.45, 7) is 0. The van der Waals surface area contributed by atoms with Crippen LogP contribution in [0.2, 0.25) is 0 Å². The fourth-order valence-electron chi connectivity index (χ4n) is 0. The van der Waals surface area contributed by atoms with Crippen LogP contribution in [0.4, 0.5) is 0 Å². The van der Waals surface area contributed by atoms with Crippen molar-refractivity contribution in [2.45, 2.75) is 0 Å². The molecule has 4 heteroatoms. The van der Waals surface area contributed by atoms with E-state index in [0.717, 1.165) is 0 Å². The van der Waals surface area contributed by atoms with Gasteiger partial charge in [0, 0.05) is 0 Å². The molecule has 0 aliphatic heterocycles. The molecule has 0 saturated carbocycles. The molecular formula is H5NO2W. The molecule has 3 nitrogen and oxygen atoms in total. The third-order valence-corrected chi connectivity index (χ3v) is 0. The van der Waals surface area contributed by atoms with Crippen molar-refractivity contribution in [2.24, 2.45) is 0 Å². The Morgan fingerprint density at radius 3 is 1.25 bits per heavy atom. The zero-order chi connectivity index (χ0) is 2.00. The van der Waals surface area contributed by atoms with Gasteiger partial charge in [-0.2, -0.15) is 0 Å². The molecule has 0 heterocycles. The minimum absolute atomic E-state index is 0. The number of rotatable bonds is 0. The predicted octanol–water partition coefficient (Wildman–Crippen LogP) is -0.784. The van der Waals surface area contributed by atoms with Crippen LogP contribution in [-0.4, -0.2) is 5.48 Å². The molecule has 0 bridgehead atoms. The first-order valence-electron chi connectivity index (χ1n) is 0.167. The van der Waals surface area contributed by atoms with E-state index in [4.69, 9.17) is 3.40 Å². The van der Waals surface area contributed by atoms with Gasteiger partial charge < -0.3 is 11.6 Å². The quantitative estimate of drug-likeness (QED) is 0.596. The van der Waals surface area contributed by atoms with Crippen LogP contribution < -0.4 is 6.15 Å². The van der Waals surface area contributed by atoms with Crippen LogP contribution in [0.15, 0.2) is 0 Å². The van der Waals surface area contributed by atoms with Gasteiger partial charge in [0.2, 0.25) is 0 Å². The predicted molar refractivity (Wildman–Crippen MR) is 9.32 cm³/mol. The van der Waals surface area contributed by atoms with Gasteiger partial charge in [-0.25, -0.2) is 0 Å². The third kappa shape index (κ3) is 28.7. The molecule has 0 unspecified atom stereocenters. The van der Waals surface area contributed by atoms with Gasteiger partial charge in [0.1, 0.15) is 0 Å². The van der Waals surface area contributed by atoms with Crippen LogP contribution in [0.1, 0.15) is 0 Å². The molecule has 5 N–H and O–H groups in total. The second-order valence-electron chi connectivity index (χ2n) is 0. The molecule has 0 aromatic carbocycles. The third-order valence-electron chi connectivity index (χ3n) is 0. The molecule has 0 atom stereocenters. The van der Waals surface area contributed by atoms with Crippen molar-refractivity contribution in [2.75, 3.05) is 0 Å². The van der Waals surface area contributed by atoms with E-state index in [9.17, 15) is 0 Å². The summed E-state index contributed by atoms with van der Waals surface area (Å²) in [5, 5.41) is 0. The van der Waals surface area contributed by atoms with Crippen LogP contribution >= 0.6 is 0 Å². The Balaban J connectivity index is -0.00000000500. The van der Waals surface area contributed by atoms with Gasteiger partial charge in [-0.3, -0.25) is 0 Å². The normalized spacial score (nSPS) is 1.00. The van der Waals surface area contributed by atoms with Crippen molar-refractivity contribution in [1.82, 2.24) is 6.15 Å². The van der Waals surface area contributed by atoms with Crippen molar-refractivity contribution in [3.05, 3.63) is 0 Å². The van der Waals surface area contributed by atoms with Gasteiger partial charge in [0.15, 0.2) is 0 Å². The molecule has 0 saturated heterocycles. The average molecular weight is 235 g/mol. The second kappa shape index (κ2) is 119. The molecule has 0 radical (unpaired) electrons. The average Bonchev–Trinajstić information content (AvgIpc) is 1.00. The van der Waals surface area contributed by atoms with Gasteiger partial charge in [-0.15, -0.1) is 0 Å². The Hall–Kier alpha value is 0.408. The van der Waals surface area contributed by atoms with Crippen LogP contribution in [-0.2, 0) is 23.2 Å². The Kier molecular flexibility index (Phi) is 765. The molecule has 0 rings (SSSR count). The van der Waals surface area contributed by atoms with E-state index >= 15 is 0 Å². The van der Waals surface area contributed by atoms with E-state index in [0.29, 0.717) is 19.8 Å². The molecule has 0 amide bonds. The van der Waals surface area contributed by atoms with Gasteiger partial charge in [-0.05, 0) is 0 Å². The summed E-state index contributed by atoms with van der Waals surface area (Å²) in [6, 6.07) is 0. The first-order valence-corrected chi connectivity index (χ1v) is 1.36. The Labute approximate surface area is 35.5 Å². The molecule has 28 valence electrons. The van der Waals surface area contributed by atoms with E-state index in [-0.39, 0.29) is 11.6 Å². The Bertz CT molecular complexity index is 6.00. The monoisotopic (exact) mass is 235 g/mol. The molecule has 0 aliphatic rings. The summed E-state index contributed by atoms with van der Waals surface area (Å²) >= 11 is 0.333. The van der Waals surface area contributed by atoms with Crippen LogP contribution in [0.5, 0.6) is 0 Å². The fourth-order valence-corrected chi connectivity index (χ4v) is 0. The minimum atomic E-state index is 0. The van der Waals surface area contributed by atoms with E-state index < -0.39 is 0 Å². The molecule has 0 aromatic heterocycles. The van der Waals surface area contributed by atoms with Gasteiger partial charge in [-0.1, -0.05) is 0 Å². The zero-order valence-electron chi connectivity index (χ0n) is 2.02. The maximum absolute atomic E-state index is 8.33. The van der Waals surface area contributed by atoms with E-state index in [1.54, 1.807) is 0 Å². The van der Waals surface area contributed by atoms with Crippen molar-refractivity contribution >= 4 is 0 Å². The summed E-state index contributed by atoms with van der Waals surface area (Å²) in [5.41, 5.74) is 0. The summed E-state index contributed by atoms with van der Waals surface area (Å²) in [6.07, 6.45) is 0. The zero-order valence-corrected chi connectivity index (χ0v) is 4.96. The van der Waals surface area contributed by atoms with E-state index in [1.807, 2.05) is 0 Å². The summed E-state index contributed by atoms with van der Waals surface area (Å²) in [5.74, 6) is 0. The van der Waals surface area contributed by atoms with Crippen LogP contribution in [0.25, 0.3) is 0 Å². The second-order valence-corrected chi connectivity index (χ2v) is 0. The number of hydrogen-bond acceptors (Lipinski definition) is 2. The first kappa shape index (κ1) is 25.8. The van der Waals surface area contributed by atoms with Crippen molar-refractivity contribution in [1.29, 1.82) is 0 Å².